The number of hydrogen-bond acceptors (Lipinski definition) is 2. The second-order valence-electron chi connectivity index (χ2n) is 3.30. The summed E-state index contributed by atoms with van der Waals surface area (Å²) in [6.07, 6.45) is 0.582. The van der Waals surface area contributed by atoms with E-state index in [0.717, 1.165) is 5.56 Å². The number of benzene rings is 1. The summed E-state index contributed by atoms with van der Waals surface area (Å²) in [5.41, 5.74) is 3.61. The van der Waals surface area contributed by atoms with Crippen LogP contribution in [-0.4, -0.2) is 13.0 Å². The van der Waals surface area contributed by atoms with Crippen molar-refractivity contribution in [2.24, 2.45) is 0 Å². The molecule has 0 aliphatic rings. The van der Waals surface area contributed by atoms with E-state index in [-0.39, 0.29) is 0 Å². The zero-order chi connectivity index (χ0) is 9.84. The molecule has 13 heavy (non-hydrogen) atoms. The van der Waals surface area contributed by atoms with Gasteiger partial charge in [-0.1, -0.05) is 29.3 Å². The average molecular weight is 177 g/mol. The number of aryl methyl sites for hydroxylation is 2. The van der Waals surface area contributed by atoms with Crippen molar-refractivity contribution in [2.45, 2.75) is 20.3 Å². The van der Waals surface area contributed by atoms with Gasteiger partial charge in [-0.05, 0) is 19.4 Å². The molecule has 0 saturated carbocycles. The first-order valence-corrected chi connectivity index (χ1v) is 4.30. The molecule has 0 aromatic heterocycles. The Morgan fingerprint density at radius 2 is 1.77 bits per heavy atom. The SMILES string of the molecule is COC(=N)Cc1cc(C)cc(C)c1. The van der Waals surface area contributed by atoms with E-state index in [1.165, 1.54) is 18.2 Å². The van der Waals surface area contributed by atoms with Crippen molar-refractivity contribution < 1.29 is 4.74 Å². The van der Waals surface area contributed by atoms with Crippen molar-refractivity contribution in [1.29, 1.82) is 5.41 Å². The third-order valence-electron chi connectivity index (χ3n) is 1.89. The van der Waals surface area contributed by atoms with E-state index in [0.29, 0.717) is 12.3 Å². The van der Waals surface area contributed by atoms with Crippen LogP contribution in [0.2, 0.25) is 0 Å². The highest BCUT2D eigenvalue weighted by Gasteiger charge is 1.99. The van der Waals surface area contributed by atoms with Crippen LogP contribution in [0, 0.1) is 19.3 Å². The molecule has 0 spiro atoms. The van der Waals surface area contributed by atoms with Gasteiger partial charge in [0.25, 0.3) is 0 Å². The molecular weight excluding hydrogens is 162 g/mol. The summed E-state index contributed by atoms with van der Waals surface area (Å²) in [5.74, 6) is 0.310. The summed E-state index contributed by atoms with van der Waals surface area (Å²) in [4.78, 5) is 0. The quantitative estimate of drug-likeness (QED) is 0.546. The fraction of sp³-hybridized carbons (Fsp3) is 0.364. The molecule has 2 nitrogen and oxygen atoms in total. The van der Waals surface area contributed by atoms with E-state index in [1.54, 1.807) is 0 Å². The molecule has 0 radical (unpaired) electrons. The summed E-state index contributed by atoms with van der Waals surface area (Å²) >= 11 is 0. The lowest BCUT2D eigenvalue weighted by Gasteiger charge is -2.05. The molecular formula is C11H15NO. The minimum Gasteiger partial charge on any atom is -0.484 e. The van der Waals surface area contributed by atoms with Crippen molar-refractivity contribution >= 4 is 5.90 Å². The molecule has 0 saturated heterocycles. The van der Waals surface area contributed by atoms with Crippen LogP contribution in [0.3, 0.4) is 0 Å². The lowest BCUT2D eigenvalue weighted by molar-refractivity contribution is 0.390. The van der Waals surface area contributed by atoms with E-state index in [9.17, 15) is 0 Å². The largest absolute Gasteiger partial charge is 0.484 e. The molecule has 0 amide bonds. The predicted molar refractivity (Wildman–Crippen MR) is 54.4 cm³/mol. The van der Waals surface area contributed by atoms with E-state index in [1.807, 2.05) is 0 Å². The van der Waals surface area contributed by atoms with Crippen LogP contribution >= 0.6 is 0 Å². The van der Waals surface area contributed by atoms with Crippen molar-refractivity contribution in [3.05, 3.63) is 34.9 Å². The van der Waals surface area contributed by atoms with Gasteiger partial charge in [0, 0.05) is 6.42 Å². The molecule has 0 atom stereocenters. The van der Waals surface area contributed by atoms with Gasteiger partial charge in [0.05, 0.1) is 7.11 Å². The van der Waals surface area contributed by atoms with E-state index in [4.69, 9.17) is 10.1 Å². The van der Waals surface area contributed by atoms with Crippen molar-refractivity contribution in [3.8, 4) is 0 Å². The number of nitrogens with one attached hydrogen (secondary N) is 1. The summed E-state index contributed by atoms with van der Waals surface area (Å²) < 4.78 is 4.82. The summed E-state index contributed by atoms with van der Waals surface area (Å²) in [6, 6.07) is 6.29. The third kappa shape index (κ3) is 2.90. The highest BCUT2D eigenvalue weighted by atomic mass is 16.5. The van der Waals surface area contributed by atoms with Crippen LogP contribution in [0.1, 0.15) is 16.7 Å². The molecule has 0 heterocycles. The Hall–Kier alpha value is -1.31. The lowest BCUT2D eigenvalue weighted by atomic mass is 10.1. The van der Waals surface area contributed by atoms with E-state index >= 15 is 0 Å². The first-order chi connectivity index (χ1) is 6.11. The van der Waals surface area contributed by atoms with Gasteiger partial charge >= 0.3 is 0 Å². The van der Waals surface area contributed by atoms with Gasteiger partial charge in [0.2, 0.25) is 0 Å². The fourth-order valence-electron chi connectivity index (χ4n) is 1.43. The smallest absolute Gasteiger partial charge is 0.184 e. The van der Waals surface area contributed by atoms with Crippen LogP contribution in [0.4, 0.5) is 0 Å². The zero-order valence-electron chi connectivity index (χ0n) is 8.35. The zero-order valence-corrected chi connectivity index (χ0v) is 8.35. The molecule has 0 aliphatic heterocycles. The maximum Gasteiger partial charge on any atom is 0.184 e. The lowest BCUT2D eigenvalue weighted by Crippen LogP contribution is -2.03. The summed E-state index contributed by atoms with van der Waals surface area (Å²) in [7, 11) is 1.53. The van der Waals surface area contributed by atoms with Gasteiger partial charge in [-0.2, -0.15) is 0 Å². The van der Waals surface area contributed by atoms with Gasteiger partial charge in [-0.15, -0.1) is 0 Å². The second-order valence-corrected chi connectivity index (χ2v) is 3.30. The maximum atomic E-state index is 7.39. The van der Waals surface area contributed by atoms with Gasteiger partial charge < -0.3 is 4.74 Å². The Balaban J connectivity index is 2.83. The first-order valence-electron chi connectivity index (χ1n) is 4.30. The molecule has 1 N–H and O–H groups in total. The van der Waals surface area contributed by atoms with Crippen LogP contribution in [0.5, 0.6) is 0 Å². The Morgan fingerprint density at radius 1 is 1.23 bits per heavy atom. The normalized spacial score (nSPS) is 9.77. The van der Waals surface area contributed by atoms with E-state index in [2.05, 4.69) is 32.0 Å². The van der Waals surface area contributed by atoms with Crippen molar-refractivity contribution in [3.63, 3.8) is 0 Å². The Morgan fingerprint density at radius 3 is 2.23 bits per heavy atom. The van der Waals surface area contributed by atoms with Crippen LogP contribution in [-0.2, 0) is 11.2 Å². The minimum atomic E-state index is 0.310. The molecule has 1 rings (SSSR count). The minimum absolute atomic E-state index is 0.310. The summed E-state index contributed by atoms with van der Waals surface area (Å²) in [5, 5.41) is 7.39. The van der Waals surface area contributed by atoms with Gasteiger partial charge in [-0.3, -0.25) is 5.41 Å². The van der Waals surface area contributed by atoms with Crippen LogP contribution in [0.25, 0.3) is 0 Å². The number of hydrogen-bond donors (Lipinski definition) is 1. The predicted octanol–water partition coefficient (Wildman–Crippen LogP) is 2.47. The van der Waals surface area contributed by atoms with Crippen molar-refractivity contribution in [2.75, 3.05) is 7.11 Å². The van der Waals surface area contributed by atoms with Gasteiger partial charge in [0.15, 0.2) is 5.90 Å². The topological polar surface area (TPSA) is 33.1 Å². The molecule has 1 aromatic carbocycles. The average Bonchev–Trinajstić information content (AvgIpc) is 2.02. The van der Waals surface area contributed by atoms with Gasteiger partial charge in [0.1, 0.15) is 0 Å². The Kier molecular flexibility index (Phi) is 3.07. The highest BCUT2D eigenvalue weighted by Crippen LogP contribution is 2.09. The molecule has 2 heteroatoms. The first kappa shape index (κ1) is 9.78. The standard InChI is InChI=1S/C11H15NO/c1-8-4-9(2)6-10(5-8)7-11(12)13-3/h4-6,12H,7H2,1-3H3. The molecule has 0 fully saturated rings. The molecule has 0 unspecified atom stereocenters. The monoisotopic (exact) mass is 177 g/mol. The molecule has 0 aliphatic carbocycles. The fourth-order valence-corrected chi connectivity index (χ4v) is 1.43. The molecule has 70 valence electrons. The molecule has 1 aromatic rings. The number of methoxy groups -OCH3 is 1. The number of ether oxygens (including phenoxy) is 1. The van der Waals surface area contributed by atoms with Gasteiger partial charge in [-0.25, -0.2) is 0 Å². The third-order valence-corrected chi connectivity index (χ3v) is 1.89. The van der Waals surface area contributed by atoms with E-state index < -0.39 is 0 Å². The van der Waals surface area contributed by atoms with Crippen LogP contribution < -0.4 is 0 Å². The Labute approximate surface area is 79.1 Å². The highest BCUT2D eigenvalue weighted by molar-refractivity contribution is 5.75. The second kappa shape index (κ2) is 4.08. The maximum absolute atomic E-state index is 7.39. The van der Waals surface area contributed by atoms with Crippen molar-refractivity contribution in [1.82, 2.24) is 0 Å². The number of rotatable bonds is 2. The molecule has 0 bridgehead atoms. The summed E-state index contributed by atoms with van der Waals surface area (Å²) in [6.45, 7) is 4.12. The Bertz CT molecular complexity index is 298. The van der Waals surface area contributed by atoms with Crippen LogP contribution in [0.15, 0.2) is 18.2 Å².